The molecule has 5 heteroatoms. The van der Waals surface area contributed by atoms with Crippen LogP contribution in [0.3, 0.4) is 0 Å². The van der Waals surface area contributed by atoms with E-state index in [1.807, 2.05) is 37.2 Å². The first kappa shape index (κ1) is 9.89. The van der Waals surface area contributed by atoms with Crippen LogP contribution in [0.2, 0.25) is 0 Å². The number of para-hydroxylation sites is 1. The molecule has 5 nitrogen and oxygen atoms in total. The largest absolute Gasteiger partial charge is 0.352 e. The number of aromatic amines is 2. The molecule has 2 heterocycles. The average molecular weight is 227 g/mol. The molecule has 1 aromatic carbocycles. The van der Waals surface area contributed by atoms with E-state index < -0.39 is 0 Å². The molecule has 17 heavy (non-hydrogen) atoms. The molecule has 2 N–H and O–H groups in total. The first-order chi connectivity index (χ1) is 8.24. The van der Waals surface area contributed by atoms with Gasteiger partial charge in [-0.05, 0) is 12.1 Å². The Hall–Kier alpha value is -2.30. The standard InChI is InChI=1S/C12H13N5/c1-17(2)12-14-11(15-16-12)10-7-8-5-3-4-6-9(8)13-10/h3-7,13H,1-2H3,(H,14,15,16). The quantitative estimate of drug-likeness (QED) is 0.704. The number of hydrogen-bond donors (Lipinski definition) is 2. The molecule has 0 fully saturated rings. The molecule has 0 saturated carbocycles. The van der Waals surface area contributed by atoms with Crippen molar-refractivity contribution in [1.82, 2.24) is 20.2 Å². The van der Waals surface area contributed by atoms with Gasteiger partial charge in [0.25, 0.3) is 0 Å². The monoisotopic (exact) mass is 227 g/mol. The van der Waals surface area contributed by atoms with Crippen molar-refractivity contribution in [3.63, 3.8) is 0 Å². The van der Waals surface area contributed by atoms with Crippen LogP contribution in [0.15, 0.2) is 30.3 Å². The van der Waals surface area contributed by atoms with Crippen molar-refractivity contribution in [3.05, 3.63) is 30.3 Å². The molecule has 3 rings (SSSR count). The predicted molar refractivity (Wildman–Crippen MR) is 68.0 cm³/mol. The van der Waals surface area contributed by atoms with E-state index in [4.69, 9.17) is 0 Å². The maximum Gasteiger partial charge on any atom is 0.244 e. The van der Waals surface area contributed by atoms with E-state index in [-0.39, 0.29) is 0 Å². The third kappa shape index (κ3) is 1.65. The molecule has 0 aliphatic rings. The van der Waals surface area contributed by atoms with E-state index in [0.29, 0.717) is 5.95 Å². The van der Waals surface area contributed by atoms with Gasteiger partial charge in [0.15, 0.2) is 5.82 Å². The van der Waals surface area contributed by atoms with Gasteiger partial charge < -0.3 is 9.88 Å². The number of rotatable bonds is 2. The van der Waals surface area contributed by atoms with Gasteiger partial charge >= 0.3 is 0 Å². The zero-order valence-electron chi connectivity index (χ0n) is 9.73. The van der Waals surface area contributed by atoms with Gasteiger partial charge in [-0.2, -0.15) is 4.98 Å². The Labute approximate surface area is 98.5 Å². The van der Waals surface area contributed by atoms with Gasteiger partial charge in [0, 0.05) is 25.0 Å². The van der Waals surface area contributed by atoms with E-state index in [1.165, 1.54) is 5.39 Å². The van der Waals surface area contributed by atoms with Gasteiger partial charge in [0.05, 0.1) is 5.69 Å². The third-order valence-corrected chi connectivity index (χ3v) is 2.66. The second-order valence-corrected chi connectivity index (χ2v) is 4.15. The van der Waals surface area contributed by atoms with Crippen molar-refractivity contribution in [2.45, 2.75) is 0 Å². The Bertz CT molecular complexity index is 617. The number of benzene rings is 1. The molecule has 86 valence electrons. The fourth-order valence-electron chi connectivity index (χ4n) is 1.77. The van der Waals surface area contributed by atoms with Crippen molar-refractivity contribution in [2.24, 2.45) is 0 Å². The Morgan fingerprint density at radius 1 is 1.18 bits per heavy atom. The van der Waals surface area contributed by atoms with Crippen molar-refractivity contribution >= 4 is 16.9 Å². The van der Waals surface area contributed by atoms with Crippen LogP contribution in [-0.2, 0) is 0 Å². The number of nitrogens with one attached hydrogen (secondary N) is 2. The van der Waals surface area contributed by atoms with Gasteiger partial charge in [-0.25, -0.2) is 0 Å². The fraction of sp³-hybridized carbons (Fsp3) is 0.167. The zero-order chi connectivity index (χ0) is 11.8. The lowest BCUT2D eigenvalue weighted by Gasteiger charge is -2.03. The normalized spacial score (nSPS) is 10.9. The average Bonchev–Trinajstić information content (AvgIpc) is 2.95. The Kier molecular flexibility index (Phi) is 2.11. The fourth-order valence-corrected chi connectivity index (χ4v) is 1.77. The third-order valence-electron chi connectivity index (χ3n) is 2.66. The first-order valence-electron chi connectivity index (χ1n) is 5.42. The van der Waals surface area contributed by atoms with Gasteiger partial charge in [-0.3, -0.25) is 5.10 Å². The maximum absolute atomic E-state index is 4.40. The number of aromatic nitrogens is 4. The van der Waals surface area contributed by atoms with E-state index >= 15 is 0 Å². The zero-order valence-corrected chi connectivity index (χ0v) is 9.73. The molecule has 0 spiro atoms. The number of anilines is 1. The van der Waals surface area contributed by atoms with Gasteiger partial charge in [0.1, 0.15) is 0 Å². The molecule has 0 aliphatic heterocycles. The molecule has 0 unspecified atom stereocenters. The molecule has 0 atom stereocenters. The van der Waals surface area contributed by atoms with Crippen LogP contribution in [0.1, 0.15) is 0 Å². The molecular weight excluding hydrogens is 214 g/mol. The lowest BCUT2D eigenvalue weighted by Crippen LogP contribution is -2.10. The van der Waals surface area contributed by atoms with Crippen molar-refractivity contribution < 1.29 is 0 Å². The molecule has 3 aromatic rings. The van der Waals surface area contributed by atoms with Crippen LogP contribution >= 0.6 is 0 Å². The summed E-state index contributed by atoms with van der Waals surface area (Å²) < 4.78 is 0. The lowest BCUT2D eigenvalue weighted by atomic mass is 10.2. The van der Waals surface area contributed by atoms with Crippen LogP contribution in [0, 0.1) is 0 Å². The summed E-state index contributed by atoms with van der Waals surface area (Å²) in [4.78, 5) is 9.58. The molecule has 2 aromatic heterocycles. The van der Waals surface area contributed by atoms with Crippen LogP contribution in [0.25, 0.3) is 22.4 Å². The van der Waals surface area contributed by atoms with E-state index in [1.54, 1.807) is 0 Å². The summed E-state index contributed by atoms with van der Waals surface area (Å²) in [7, 11) is 3.83. The summed E-state index contributed by atoms with van der Waals surface area (Å²) in [6.45, 7) is 0. The van der Waals surface area contributed by atoms with Crippen LogP contribution in [0.4, 0.5) is 5.95 Å². The Balaban J connectivity index is 2.07. The topological polar surface area (TPSA) is 60.6 Å². The molecule has 0 amide bonds. The summed E-state index contributed by atoms with van der Waals surface area (Å²) >= 11 is 0. The number of H-pyrrole nitrogens is 2. The minimum Gasteiger partial charge on any atom is -0.352 e. The van der Waals surface area contributed by atoms with Crippen molar-refractivity contribution in [3.8, 4) is 11.5 Å². The highest BCUT2D eigenvalue weighted by molar-refractivity contribution is 5.84. The summed E-state index contributed by atoms with van der Waals surface area (Å²) in [5.74, 6) is 1.43. The minimum absolute atomic E-state index is 0.679. The van der Waals surface area contributed by atoms with Crippen LogP contribution < -0.4 is 4.90 Å². The minimum atomic E-state index is 0.679. The van der Waals surface area contributed by atoms with Crippen LogP contribution in [-0.4, -0.2) is 34.3 Å². The highest BCUT2D eigenvalue weighted by Gasteiger charge is 2.09. The molecular formula is C12H13N5. The van der Waals surface area contributed by atoms with E-state index in [9.17, 15) is 0 Å². The van der Waals surface area contributed by atoms with E-state index in [2.05, 4.69) is 32.3 Å². The Morgan fingerprint density at radius 2 is 2.00 bits per heavy atom. The first-order valence-corrected chi connectivity index (χ1v) is 5.42. The molecule has 0 saturated heterocycles. The van der Waals surface area contributed by atoms with Crippen molar-refractivity contribution in [2.75, 3.05) is 19.0 Å². The highest BCUT2D eigenvalue weighted by Crippen LogP contribution is 2.21. The number of hydrogen-bond acceptors (Lipinski definition) is 3. The van der Waals surface area contributed by atoms with Gasteiger partial charge in [-0.1, -0.05) is 18.2 Å². The summed E-state index contributed by atoms with van der Waals surface area (Å²) in [6, 6.07) is 10.2. The number of nitrogens with zero attached hydrogens (tertiary/aromatic N) is 3. The maximum atomic E-state index is 4.40. The Morgan fingerprint density at radius 3 is 2.71 bits per heavy atom. The number of fused-ring (bicyclic) bond motifs is 1. The second-order valence-electron chi connectivity index (χ2n) is 4.15. The van der Waals surface area contributed by atoms with Crippen molar-refractivity contribution in [1.29, 1.82) is 0 Å². The highest BCUT2D eigenvalue weighted by atomic mass is 15.3. The van der Waals surface area contributed by atoms with E-state index in [0.717, 1.165) is 17.0 Å². The predicted octanol–water partition coefficient (Wildman–Crippen LogP) is 2.02. The summed E-state index contributed by atoms with van der Waals surface area (Å²) in [6.07, 6.45) is 0. The van der Waals surface area contributed by atoms with Crippen LogP contribution in [0.5, 0.6) is 0 Å². The summed E-state index contributed by atoms with van der Waals surface area (Å²) in [5, 5.41) is 8.23. The van der Waals surface area contributed by atoms with Gasteiger partial charge in [-0.15, -0.1) is 5.10 Å². The molecule has 0 radical (unpaired) electrons. The second kappa shape index (κ2) is 3.62. The molecule has 0 bridgehead atoms. The van der Waals surface area contributed by atoms with Gasteiger partial charge in [0.2, 0.25) is 5.95 Å². The summed E-state index contributed by atoms with van der Waals surface area (Å²) in [5.41, 5.74) is 2.05. The lowest BCUT2D eigenvalue weighted by molar-refractivity contribution is 0.999. The molecule has 0 aliphatic carbocycles. The SMILES string of the molecule is CN(C)c1n[nH]c(-c2cc3ccccc3[nH]2)n1. The smallest absolute Gasteiger partial charge is 0.244 e.